The SMILES string of the molecule is COc1cc(NC2CSC2)ccc1Cl. The van der Waals surface area contributed by atoms with Crippen molar-refractivity contribution >= 4 is 29.1 Å². The van der Waals surface area contributed by atoms with Crippen molar-refractivity contribution in [2.24, 2.45) is 0 Å². The lowest BCUT2D eigenvalue weighted by atomic mass is 10.2. The van der Waals surface area contributed by atoms with Crippen LogP contribution >= 0.6 is 23.4 Å². The number of benzene rings is 1. The second-order valence-corrected chi connectivity index (χ2v) is 4.71. The fraction of sp³-hybridized carbons (Fsp3) is 0.400. The number of anilines is 1. The monoisotopic (exact) mass is 229 g/mol. The molecule has 0 saturated carbocycles. The number of ether oxygens (including phenoxy) is 1. The van der Waals surface area contributed by atoms with Crippen molar-refractivity contribution < 1.29 is 4.74 Å². The van der Waals surface area contributed by atoms with E-state index in [0.717, 1.165) is 11.4 Å². The average Bonchev–Trinajstić information content (AvgIpc) is 2.14. The largest absolute Gasteiger partial charge is 0.495 e. The Bertz CT molecular complexity index is 328. The summed E-state index contributed by atoms with van der Waals surface area (Å²) in [5.41, 5.74) is 1.08. The second-order valence-electron chi connectivity index (χ2n) is 3.23. The smallest absolute Gasteiger partial charge is 0.139 e. The first-order valence-corrected chi connectivity index (χ1v) is 6.00. The Hall–Kier alpha value is -0.540. The van der Waals surface area contributed by atoms with Crippen LogP contribution in [-0.4, -0.2) is 24.7 Å². The van der Waals surface area contributed by atoms with E-state index < -0.39 is 0 Å². The van der Waals surface area contributed by atoms with Gasteiger partial charge < -0.3 is 10.1 Å². The minimum Gasteiger partial charge on any atom is -0.495 e. The summed E-state index contributed by atoms with van der Waals surface area (Å²) >= 11 is 7.88. The van der Waals surface area contributed by atoms with E-state index in [9.17, 15) is 0 Å². The molecule has 0 bridgehead atoms. The van der Waals surface area contributed by atoms with Gasteiger partial charge >= 0.3 is 0 Å². The van der Waals surface area contributed by atoms with Gasteiger partial charge in [-0.3, -0.25) is 0 Å². The highest BCUT2D eigenvalue weighted by atomic mass is 35.5. The molecule has 0 atom stereocenters. The van der Waals surface area contributed by atoms with Gasteiger partial charge in [-0.1, -0.05) is 11.6 Å². The van der Waals surface area contributed by atoms with Gasteiger partial charge in [0.05, 0.1) is 12.1 Å². The third-order valence-corrected chi connectivity index (χ3v) is 3.75. The molecule has 1 aromatic carbocycles. The molecule has 2 nitrogen and oxygen atoms in total. The maximum absolute atomic E-state index is 5.92. The van der Waals surface area contributed by atoms with Crippen molar-refractivity contribution in [1.82, 2.24) is 0 Å². The van der Waals surface area contributed by atoms with E-state index >= 15 is 0 Å². The topological polar surface area (TPSA) is 21.3 Å². The van der Waals surface area contributed by atoms with E-state index in [0.29, 0.717) is 11.1 Å². The Balaban J connectivity index is 2.09. The Morgan fingerprint density at radius 3 is 2.86 bits per heavy atom. The first-order valence-electron chi connectivity index (χ1n) is 4.47. The Morgan fingerprint density at radius 1 is 1.50 bits per heavy atom. The van der Waals surface area contributed by atoms with Crippen molar-refractivity contribution in [3.63, 3.8) is 0 Å². The molecule has 1 N–H and O–H groups in total. The van der Waals surface area contributed by atoms with Crippen LogP contribution in [0.4, 0.5) is 5.69 Å². The maximum atomic E-state index is 5.92. The Morgan fingerprint density at radius 2 is 2.29 bits per heavy atom. The number of rotatable bonds is 3. The third kappa shape index (κ3) is 2.10. The fourth-order valence-corrected chi connectivity index (χ4v) is 2.14. The minimum atomic E-state index is 0.603. The van der Waals surface area contributed by atoms with Gasteiger partial charge in [0.15, 0.2) is 0 Å². The summed E-state index contributed by atoms with van der Waals surface area (Å²) in [6.45, 7) is 0. The first-order chi connectivity index (χ1) is 6.79. The fourth-order valence-electron chi connectivity index (χ4n) is 1.30. The molecule has 4 heteroatoms. The zero-order chi connectivity index (χ0) is 9.97. The highest BCUT2D eigenvalue weighted by Crippen LogP contribution is 2.29. The summed E-state index contributed by atoms with van der Waals surface area (Å²) < 4.78 is 5.14. The van der Waals surface area contributed by atoms with Gasteiger partial charge in [0.1, 0.15) is 5.75 Å². The van der Waals surface area contributed by atoms with Gasteiger partial charge in [0.2, 0.25) is 0 Å². The van der Waals surface area contributed by atoms with Crippen LogP contribution in [0.2, 0.25) is 5.02 Å². The number of nitrogens with one attached hydrogen (secondary N) is 1. The van der Waals surface area contributed by atoms with Crippen molar-refractivity contribution in [3.05, 3.63) is 23.2 Å². The van der Waals surface area contributed by atoms with Crippen LogP contribution in [0.1, 0.15) is 0 Å². The number of methoxy groups -OCH3 is 1. The Kier molecular flexibility index (Phi) is 3.08. The minimum absolute atomic E-state index is 0.603. The number of halogens is 1. The van der Waals surface area contributed by atoms with Crippen molar-refractivity contribution in [2.45, 2.75) is 6.04 Å². The van der Waals surface area contributed by atoms with E-state index in [1.807, 2.05) is 30.0 Å². The highest BCUT2D eigenvalue weighted by molar-refractivity contribution is 8.00. The van der Waals surface area contributed by atoms with Crippen molar-refractivity contribution in [2.75, 3.05) is 23.9 Å². The van der Waals surface area contributed by atoms with Gasteiger partial charge in [0, 0.05) is 29.3 Å². The van der Waals surface area contributed by atoms with E-state index in [2.05, 4.69) is 5.32 Å². The van der Waals surface area contributed by atoms with E-state index in [-0.39, 0.29) is 0 Å². The van der Waals surface area contributed by atoms with Gasteiger partial charge in [-0.25, -0.2) is 0 Å². The maximum Gasteiger partial charge on any atom is 0.139 e. The van der Waals surface area contributed by atoms with Gasteiger partial charge in [0.25, 0.3) is 0 Å². The summed E-state index contributed by atoms with van der Waals surface area (Å²) in [4.78, 5) is 0. The zero-order valence-corrected chi connectivity index (χ0v) is 9.49. The van der Waals surface area contributed by atoms with E-state index in [4.69, 9.17) is 16.3 Å². The highest BCUT2D eigenvalue weighted by Gasteiger charge is 2.17. The van der Waals surface area contributed by atoms with Crippen molar-refractivity contribution in [1.29, 1.82) is 0 Å². The third-order valence-electron chi connectivity index (χ3n) is 2.16. The molecule has 1 aliphatic rings. The van der Waals surface area contributed by atoms with Crippen LogP contribution in [0.15, 0.2) is 18.2 Å². The molecule has 0 unspecified atom stereocenters. The van der Waals surface area contributed by atoms with Crippen molar-refractivity contribution in [3.8, 4) is 5.75 Å². The predicted molar refractivity (Wildman–Crippen MR) is 62.7 cm³/mol. The van der Waals surface area contributed by atoms with Crippen LogP contribution in [0.3, 0.4) is 0 Å². The van der Waals surface area contributed by atoms with E-state index in [1.54, 1.807) is 7.11 Å². The molecule has 1 heterocycles. The van der Waals surface area contributed by atoms with Gasteiger partial charge in [-0.05, 0) is 12.1 Å². The molecule has 76 valence electrons. The molecule has 0 aliphatic carbocycles. The normalized spacial score (nSPS) is 16.1. The average molecular weight is 230 g/mol. The molecule has 0 spiro atoms. The molecule has 1 aromatic rings. The molecule has 2 rings (SSSR count). The number of thioether (sulfide) groups is 1. The molecular formula is C10H12ClNOS. The quantitative estimate of drug-likeness (QED) is 0.861. The summed E-state index contributed by atoms with van der Waals surface area (Å²) in [6.07, 6.45) is 0. The standard InChI is InChI=1S/C10H12ClNOS/c1-13-10-4-7(2-3-9(10)11)12-8-5-14-6-8/h2-4,8,12H,5-6H2,1H3. The molecule has 0 radical (unpaired) electrons. The number of hydrogen-bond donors (Lipinski definition) is 1. The van der Waals surface area contributed by atoms with Crippen LogP contribution < -0.4 is 10.1 Å². The molecule has 1 aliphatic heterocycles. The summed E-state index contributed by atoms with van der Waals surface area (Å²) in [5, 5.41) is 4.07. The van der Waals surface area contributed by atoms with Gasteiger partial charge in [-0.2, -0.15) is 11.8 Å². The molecule has 0 amide bonds. The summed E-state index contributed by atoms with van der Waals surface area (Å²) in [6, 6.07) is 6.37. The Labute approximate surface area is 93.0 Å². The van der Waals surface area contributed by atoms with Crippen LogP contribution in [-0.2, 0) is 0 Å². The summed E-state index contributed by atoms with van der Waals surface area (Å²) in [5.74, 6) is 3.10. The number of hydrogen-bond acceptors (Lipinski definition) is 3. The molecule has 1 saturated heterocycles. The van der Waals surface area contributed by atoms with E-state index in [1.165, 1.54) is 11.5 Å². The molecule has 1 fully saturated rings. The second kappa shape index (κ2) is 4.32. The lowest BCUT2D eigenvalue weighted by molar-refractivity contribution is 0.415. The lowest BCUT2D eigenvalue weighted by Gasteiger charge is -2.27. The summed E-state index contributed by atoms with van der Waals surface area (Å²) in [7, 11) is 1.63. The van der Waals surface area contributed by atoms with Crippen LogP contribution in [0.5, 0.6) is 5.75 Å². The van der Waals surface area contributed by atoms with Gasteiger partial charge in [-0.15, -0.1) is 0 Å². The predicted octanol–water partition coefficient (Wildman–Crippen LogP) is 2.88. The molecule has 0 aromatic heterocycles. The first kappa shape index (κ1) is 9.99. The van der Waals surface area contributed by atoms with Crippen LogP contribution in [0, 0.1) is 0 Å². The molecular weight excluding hydrogens is 218 g/mol. The molecule has 14 heavy (non-hydrogen) atoms. The zero-order valence-electron chi connectivity index (χ0n) is 7.92. The lowest BCUT2D eigenvalue weighted by Crippen LogP contribution is -2.33. The van der Waals surface area contributed by atoms with Crippen LogP contribution in [0.25, 0.3) is 0 Å².